The number of hydrogen-bond donors (Lipinski definition) is 2. The minimum atomic E-state index is -0.0890. The van der Waals surface area contributed by atoms with Crippen LogP contribution in [0.25, 0.3) is 0 Å². The van der Waals surface area contributed by atoms with Crippen molar-refractivity contribution in [2.24, 2.45) is 0 Å². The quantitative estimate of drug-likeness (QED) is 0.804. The molecular weight excluding hydrogens is 274 g/mol. The first-order valence-corrected chi connectivity index (χ1v) is 7.64. The largest absolute Gasteiger partial charge is 0.506 e. The van der Waals surface area contributed by atoms with Crippen LogP contribution in [0.3, 0.4) is 0 Å². The van der Waals surface area contributed by atoms with E-state index in [-0.39, 0.29) is 11.7 Å². The summed E-state index contributed by atoms with van der Waals surface area (Å²) in [5.41, 5.74) is 3.92. The first kappa shape index (κ1) is 16.1. The number of anilines is 1. The van der Waals surface area contributed by atoms with Crippen molar-refractivity contribution in [1.29, 1.82) is 0 Å². The standard InChI is InChI=1S/C19H23NO2/c1-13(2)16-8-5-15(6-9-16)7-11-19(22)20-17-12-14(3)4-10-18(17)21/h4-6,8-10,12-13,21H,7,11H2,1-3H3,(H,20,22). The molecule has 2 aromatic rings. The fourth-order valence-corrected chi connectivity index (χ4v) is 2.29. The summed E-state index contributed by atoms with van der Waals surface area (Å²) in [7, 11) is 0. The SMILES string of the molecule is Cc1ccc(O)c(NC(=O)CCc2ccc(C(C)C)cc2)c1. The van der Waals surface area contributed by atoms with E-state index in [0.29, 0.717) is 24.4 Å². The maximum Gasteiger partial charge on any atom is 0.224 e. The Kier molecular flexibility index (Phi) is 5.21. The molecule has 2 aromatic carbocycles. The van der Waals surface area contributed by atoms with Crippen molar-refractivity contribution >= 4 is 11.6 Å². The number of nitrogens with one attached hydrogen (secondary N) is 1. The van der Waals surface area contributed by atoms with Gasteiger partial charge >= 0.3 is 0 Å². The molecule has 0 bridgehead atoms. The Labute approximate surface area is 132 Å². The number of amides is 1. The lowest BCUT2D eigenvalue weighted by molar-refractivity contribution is -0.116. The smallest absolute Gasteiger partial charge is 0.224 e. The van der Waals surface area contributed by atoms with Gasteiger partial charge in [0.15, 0.2) is 0 Å². The topological polar surface area (TPSA) is 49.3 Å². The molecule has 0 saturated heterocycles. The highest BCUT2D eigenvalue weighted by molar-refractivity contribution is 5.92. The van der Waals surface area contributed by atoms with Gasteiger partial charge in [-0.25, -0.2) is 0 Å². The van der Waals surface area contributed by atoms with Gasteiger partial charge in [-0.3, -0.25) is 4.79 Å². The Morgan fingerprint density at radius 2 is 1.82 bits per heavy atom. The second-order valence-corrected chi connectivity index (χ2v) is 5.97. The van der Waals surface area contributed by atoms with Crippen LogP contribution in [-0.4, -0.2) is 11.0 Å². The van der Waals surface area contributed by atoms with Crippen molar-refractivity contribution in [2.75, 3.05) is 5.32 Å². The Bertz CT molecular complexity index is 645. The molecule has 0 saturated carbocycles. The van der Waals surface area contributed by atoms with Gasteiger partial charge in [0.05, 0.1) is 5.69 Å². The first-order chi connectivity index (χ1) is 10.5. The summed E-state index contributed by atoms with van der Waals surface area (Å²) in [4.78, 5) is 12.0. The average Bonchev–Trinajstić information content (AvgIpc) is 2.49. The molecule has 0 fully saturated rings. The molecular formula is C19H23NO2. The number of aromatic hydroxyl groups is 1. The number of carbonyl (C=O) groups excluding carboxylic acids is 1. The lowest BCUT2D eigenvalue weighted by atomic mass is 10.0. The van der Waals surface area contributed by atoms with Crippen LogP contribution in [0.1, 0.15) is 42.9 Å². The molecule has 22 heavy (non-hydrogen) atoms. The number of phenols is 1. The van der Waals surface area contributed by atoms with Gasteiger partial charge in [-0.15, -0.1) is 0 Å². The molecule has 1 amide bonds. The van der Waals surface area contributed by atoms with Crippen molar-refractivity contribution in [3.8, 4) is 5.75 Å². The Morgan fingerprint density at radius 3 is 2.45 bits per heavy atom. The fourth-order valence-electron chi connectivity index (χ4n) is 2.29. The van der Waals surface area contributed by atoms with Gasteiger partial charge in [-0.1, -0.05) is 44.2 Å². The molecule has 0 aromatic heterocycles. The zero-order chi connectivity index (χ0) is 16.1. The van der Waals surface area contributed by atoms with Crippen molar-refractivity contribution in [3.05, 3.63) is 59.2 Å². The Balaban J connectivity index is 1.91. The molecule has 0 unspecified atom stereocenters. The van der Waals surface area contributed by atoms with Gasteiger partial charge in [0.25, 0.3) is 0 Å². The van der Waals surface area contributed by atoms with Gasteiger partial charge in [0.2, 0.25) is 5.91 Å². The minimum Gasteiger partial charge on any atom is -0.506 e. The molecule has 0 aliphatic rings. The number of rotatable bonds is 5. The summed E-state index contributed by atoms with van der Waals surface area (Å²) in [6.07, 6.45) is 1.09. The van der Waals surface area contributed by atoms with E-state index in [0.717, 1.165) is 11.1 Å². The highest BCUT2D eigenvalue weighted by Gasteiger charge is 2.07. The zero-order valence-corrected chi connectivity index (χ0v) is 13.4. The third kappa shape index (κ3) is 4.35. The van der Waals surface area contributed by atoms with Crippen molar-refractivity contribution in [1.82, 2.24) is 0 Å². The predicted molar refractivity (Wildman–Crippen MR) is 90.3 cm³/mol. The maximum absolute atomic E-state index is 12.0. The van der Waals surface area contributed by atoms with Crippen LogP contribution in [0.4, 0.5) is 5.69 Å². The molecule has 116 valence electrons. The first-order valence-electron chi connectivity index (χ1n) is 7.64. The molecule has 0 aliphatic carbocycles. The lowest BCUT2D eigenvalue weighted by Crippen LogP contribution is -2.12. The van der Waals surface area contributed by atoms with Crippen LogP contribution in [0, 0.1) is 6.92 Å². The number of hydrogen-bond acceptors (Lipinski definition) is 2. The van der Waals surface area contributed by atoms with Crippen LogP contribution in [0.5, 0.6) is 5.75 Å². The van der Waals surface area contributed by atoms with E-state index in [1.54, 1.807) is 18.2 Å². The maximum atomic E-state index is 12.0. The van der Waals surface area contributed by atoms with Crippen LogP contribution in [-0.2, 0) is 11.2 Å². The summed E-state index contributed by atoms with van der Waals surface area (Å²) >= 11 is 0. The van der Waals surface area contributed by atoms with Crippen molar-refractivity contribution in [2.45, 2.75) is 39.5 Å². The molecule has 3 heteroatoms. The zero-order valence-electron chi connectivity index (χ0n) is 13.4. The summed E-state index contributed by atoms with van der Waals surface area (Å²) in [5, 5.41) is 12.5. The van der Waals surface area contributed by atoms with Crippen LogP contribution < -0.4 is 5.32 Å². The summed E-state index contributed by atoms with van der Waals surface area (Å²) in [5.74, 6) is 0.524. The van der Waals surface area contributed by atoms with E-state index in [1.165, 1.54) is 5.56 Å². The fraction of sp³-hybridized carbons (Fsp3) is 0.316. The van der Waals surface area contributed by atoms with Gasteiger partial charge in [-0.05, 0) is 48.1 Å². The molecule has 2 N–H and O–H groups in total. The second kappa shape index (κ2) is 7.12. The Hall–Kier alpha value is -2.29. The van der Waals surface area contributed by atoms with Crippen LogP contribution in [0.2, 0.25) is 0 Å². The van der Waals surface area contributed by atoms with E-state index >= 15 is 0 Å². The normalized spacial score (nSPS) is 10.7. The predicted octanol–water partition coefficient (Wildman–Crippen LogP) is 4.40. The summed E-state index contributed by atoms with van der Waals surface area (Å²) < 4.78 is 0. The third-order valence-corrected chi connectivity index (χ3v) is 3.71. The van der Waals surface area contributed by atoms with Crippen molar-refractivity contribution < 1.29 is 9.90 Å². The lowest BCUT2D eigenvalue weighted by Gasteiger charge is -2.09. The average molecular weight is 297 g/mol. The minimum absolute atomic E-state index is 0.0890. The molecule has 3 nitrogen and oxygen atoms in total. The van der Waals surface area contributed by atoms with Crippen molar-refractivity contribution in [3.63, 3.8) is 0 Å². The van der Waals surface area contributed by atoms with E-state index in [1.807, 2.05) is 6.92 Å². The molecule has 0 atom stereocenters. The van der Waals surface area contributed by atoms with Gasteiger partial charge in [0, 0.05) is 6.42 Å². The number of carbonyl (C=O) groups is 1. The van der Waals surface area contributed by atoms with Crippen LogP contribution in [0.15, 0.2) is 42.5 Å². The molecule has 0 radical (unpaired) electrons. The van der Waals surface area contributed by atoms with Gasteiger partial charge < -0.3 is 10.4 Å². The molecule has 0 spiro atoms. The summed E-state index contributed by atoms with van der Waals surface area (Å²) in [6.45, 7) is 6.25. The third-order valence-electron chi connectivity index (χ3n) is 3.71. The molecule has 0 heterocycles. The van der Waals surface area contributed by atoms with Gasteiger partial charge in [0.1, 0.15) is 5.75 Å². The number of aryl methyl sites for hydroxylation is 2. The number of benzene rings is 2. The summed E-state index contributed by atoms with van der Waals surface area (Å²) in [6, 6.07) is 13.6. The van der Waals surface area contributed by atoms with E-state index in [9.17, 15) is 9.90 Å². The highest BCUT2D eigenvalue weighted by atomic mass is 16.3. The van der Waals surface area contributed by atoms with E-state index in [4.69, 9.17) is 0 Å². The van der Waals surface area contributed by atoms with Crippen LogP contribution >= 0.6 is 0 Å². The molecule has 2 rings (SSSR count). The highest BCUT2D eigenvalue weighted by Crippen LogP contribution is 2.24. The second-order valence-electron chi connectivity index (χ2n) is 5.97. The molecule has 0 aliphatic heterocycles. The number of phenolic OH excluding ortho intramolecular Hbond substituents is 1. The Morgan fingerprint density at radius 1 is 1.14 bits per heavy atom. The monoisotopic (exact) mass is 297 g/mol. The van der Waals surface area contributed by atoms with E-state index < -0.39 is 0 Å². The van der Waals surface area contributed by atoms with E-state index in [2.05, 4.69) is 43.4 Å². The van der Waals surface area contributed by atoms with Gasteiger partial charge in [-0.2, -0.15) is 0 Å².